The van der Waals surface area contributed by atoms with Crippen LogP contribution < -0.4 is 5.32 Å². The Morgan fingerprint density at radius 3 is 2.17 bits per heavy atom. The summed E-state index contributed by atoms with van der Waals surface area (Å²) in [7, 11) is 1.09. The first kappa shape index (κ1) is 31.5. The van der Waals surface area contributed by atoms with Crippen molar-refractivity contribution in [3.8, 4) is 0 Å². The Morgan fingerprint density at radius 2 is 1.72 bits per heavy atom. The van der Waals surface area contributed by atoms with Crippen LogP contribution in [-0.4, -0.2) is 95.0 Å². The molecule has 0 saturated carbocycles. The number of hydrogen-bond acceptors (Lipinski definition) is 14. The van der Waals surface area contributed by atoms with Crippen LogP contribution in [0, 0.1) is 0 Å². The summed E-state index contributed by atoms with van der Waals surface area (Å²) in [5, 5.41) is 12.5. The molecule has 1 fully saturated rings. The number of hydrogen-bond donors (Lipinski definition) is 2. The van der Waals surface area contributed by atoms with E-state index in [4.69, 9.17) is 40.6 Å². The molecule has 15 heteroatoms. The van der Waals surface area contributed by atoms with Gasteiger partial charge in [0.25, 0.3) is 0 Å². The predicted octanol–water partition coefficient (Wildman–Crippen LogP) is -0.00870. The Kier molecular flexibility index (Phi) is 12.5. The van der Waals surface area contributed by atoms with Gasteiger partial charge in [-0.25, -0.2) is 4.79 Å². The zero-order chi connectivity index (χ0) is 27.6. The van der Waals surface area contributed by atoms with Gasteiger partial charge >= 0.3 is 23.9 Å². The van der Waals surface area contributed by atoms with Crippen molar-refractivity contribution in [3.05, 3.63) is 0 Å². The van der Waals surface area contributed by atoms with Gasteiger partial charge in [0, 0.05) is 34.1 Å². The maximum atomic E-state index is 13.0. The summed E-state index contributed by atoms with van der Waals surface area (Å²) in [6.07, 6.45) is -6.16. The van der Waals surface area contributed by atoms with Gasteiger partial charge in [-0.1, -0.05) is 0 Å². The lowest BCUT2D eigenvalue weighted by molar-refractivity contribution is -0.223. The molecular formula is C21H31NO12S2. The van der Waals surface area contributed by atoms with Gasteiger partial charge in [0.05, 0.1) is 26.4 Å². The number of thioether (sulfide) groups is 1. The number of thiocarbonyl (C=S) groups is 1. The third-order valence-corrected chi connectivity index (χ3v) is 6.15. The van der Waals surface area contributed by atoms with Crippen molar-refractivity contribution in [2.24, 2.45) is 0 Å². The summed E-state index contributed by atoms with van der Waals surface area (Å²) in [5.74, 6) is -3.96. The molecule has 1 amide bonds. The molecular weight excluding hydrogens is 522 g/mol. The summed E-state index contributed by atoms with van der Waals surface area (Å²) >= 11 is 5.83. The topological polar surface area (TPSA) is 173 Å². The molecule has 0 bridgehead atoms. The summed E-state index contributed by atoms with van der Waals surface area (Å²) in [6, 6.07) is -1.22. The van der Waals surface area contributed by atoms with Crippen LogP contribution in [0.2, 0.25) is 0 Å². The highest BCUT2D eigenvalue weighted by molar-refractivity contribution is 8.23. The van der Waals surface area contributed by atoms with E-state index in [1.807, 2.05) is 0 Å². The maximum absolute atomic E-state index is 13.0. The summed E-state index contributed by atoms with van der Waals surface area (Å²) < 4.78 is 32.1. The average molecular weight is 554 g/mol. The fourth-order valence-corrected chi connectivity index (χ4v) is 5.14. The molecule has 1 saturated heterocycles. The van der Waals surface area contributed by atoms with Crippen LogP contribution in [0.15, 0.2) is 0 Å². The van der Waals surface area contributed by atoms with E-state index in [9.17, 15) is 29.1 Å². The Bertz CT molecular complexity index is 853. The van der Waals surface area contributed by atoms with Crippen molar-refractivity contribution >= 4 is 58.1 Å². The van der Waals surface area contributed by atoms with Crippen molar-refractivity contribution < 1.29 is 57.5 Å². The molecule has 6 atom stereocenters. The van der Waals surface area contributed by atoms with Crippen LogP contribution in [0.25, 0.3) is 0 Å². The van der Waals surface area contributed by atoms with Crippen LogP contribution in [0.4, 0.5) is 0 Å². The largest absolute Gasteiger partial charge is 0.479 e. The number of rotatable bonds is 10. The molecule has 0 unspecified atom stereocenters. The Balaban J connectivity index is 3.78. The van der Waals surface area contributed by atoms with Gasteiger partial charge < -0.3 is 38.8 Å². The SMILES string of the molecule is CCOC(=S)S[C@]1(C(=O)OC)C[C@H](OC(C)=O)[C@@H](NC(C)=O)[C@H]([C@H](OC(C)=O)[C@@H](CO)OC(C)=O)O1. The zero-order valence-corrected chi connectivity index (χ0v) is 22.4. The van der Waals surface area contributed by atoms with E-state index in [1.165, 1.54) is 6.92 Å². The quantitative estimate of drug-likeness (QED) is 0.210. The lowest BCUT2D eigenvalue weighted by Crippen LogP contribution is -2.68. The molecule has 0 aromatic rings. The van der Waals surface area contributed by atoms with Crippen molar-refractivity contribution in [2.75, 3.05) is 20.3 Å². The van der Waals surface area contributed by atoms with Crippen LogP contribution in [0.5, 0.6) is 0 Å². The zero-order valence-electron chi connectivity index (χ0n) is 20.8. The van der Waals surface area contributed by atoms with Crippen LogP contribution in [0.1, 0.15) is 41.0 Å². The fraction of sp³-hybridized carbons (Fsp3) is 0.714. The highest BCUT2D eigenvalue weighted by atomic mass is 32.2. The van der Waals surface area contributed by atoms with Crippen molar-refractivity contribution in [3.63, 3.8) is 0 Å². The number of ether oxygens (including phenoxy) is 6. The maximum Gasteiger partial charge on any atom is 0.349 e. The van der Waals surface area contributed by atoms with Gasteiger partial charge in [-0.3, -0.25) is 19.2 Å². The minimum absolute atomic E-state index is 0.107. The van der Waals surface area contributed by atoms with Gasteiger partial charge in [0.2, 0.25) is 15.2 Å². The molecule has 1 aliphatic rings. The number of esters is 4. The monoisotopic (exact) mass is 553 g/mol. The van der Waals surface area contributed by atoms with E-state index >= 15 is 0 Å². The van der Waals surface area contributed by atoms with E-state index in [2.05, 4.69) is 5.32 Å². The summed E-state index contributed by atoms with van der Waals surface area (Å²) in [4.78, 5) is 58.8. The van der Waals surface area contributed by atoms with Crippen molar-refractivity contribution in [1.29, 1.82) is 0 Å². The molecule has 1 heterocycles. The van der Waals surface area contributed by atoms with E-state index in [-0.39, 0.29) is 17.4 Å². The van der Waals surface area contributed by atoms with E-state index in [0.29, 0.717) is 11.8 Å². The number of aliphatic hydroxyl groups is 1. The molecule has 1 aliphatic heterocycles. The Morgan fingerprint density at radius 1 is 1.11 bits per heavy atom. The first-order valence-corrected chi connectivity index (χ1v) is 12.0. The molecule has 2 N–H and O–H groups in total. The number of methoxy groups -OCH3 is 1. The molecule has 0 spiro atoms. The fourth-order valence-electron chi connectivity index (χ4n) is 3.60. The van der Waals surface area contributed by atoms with Gasteiger partial charge in [0.15, 0.2) is 12.2 Å². The van der Waals surface area contributed by atoms with Crippen LogP contribution in [0.3, 0.4) is 0 Å². The lowest BCUT2D eigenvalue weighted by Gasteiger charge is -2.48. The Hall–Kier alpha value is -2.49. The highest BCUT2D eigenvalue weighted by Crippen LogP contribution is 2.43. The summed E-state index contributed by atoms with van der Waals surface area (Å²) in [6.45, 7) is 5.43. The van der Waals surface area contributed by atoms with Gasteiger partial charge in [-0.15, -0.1) is 0 Å². The molecule has 1 rings (SSSR count). The smallest absolute Gasteiger partial charge is 0.349 e. The predicted molar refractivity (Wildman–Crippen MR) is 127 cm³/mol. The molecule has 0 radical (unpaired) electrons. The van der Waals surface area contributed by atoms with E-state index in [0.717, 1.165) is 27.9 Å². The normalized spacial score (nSPS) is 24.9. The second-order valence-corrected chi connectivity index (χ2v) is 9.46. The lowest BCUT2D eigenvalue weighted by atomic mass is 9.89. The molecule has 0 aromatic heterocycles. The minimum Gasteiger partial charge on any atom is -0.479 e. The number of aliphatic hydroxyl groups excluding tert-OH is 1. The second kappa shape index (κ2) is 14.3. The van der Waals surface area contributed by atoms with Gasteiger partial charge in [0.1, 0.15) is 12.2 Å². The Labute approximate surface area is 217 Å². The van der Waals surface area contributed by atoms with Crippen molar-refractivity contribution in [2.45, 2.75) is 76.4 Å². The first-order chi connectivity index (χ1) is 16.8. The number of nitrogens with one attached hydrogen (secondary N) is 1. The number of carbonyl (C=O) groups is 5. The molecule has 13 nitrogen and oxygen atoms in total. The molecule has 0 aromatic carbocycles. The summed E-state index contributed by atoms with van der Waals surface area (Å²) in [5.41, 5.74) is 0. The van der Waals surface area contributed by atoms with E-state index in [1.54, 1.807) is 6.92 Å². The molecule has 0 aliphatic carbocycles. The highest BCUT2D eigenvalue weighted by Gasteiger charge is 2.59. The van der Waals surface area contributed by atoms with Crippen LogP contribution in [-0.2, 0) is 52.4 Å². The minimum atomic E-state index is -2.00. The molecule has 204 valence electrons. The first-order valence-electron chi connectivity index (χ1n) is 10.8. The van der Waals surface area contributed by atoms with Gasteiger partial charge in [-0.2, -0.15) is 0 Å². The van der Waals surface area contributed by atoms with Gasteiger partial charge in [-0.05, 0) is 30.9 Å². The average Bonchev–Trinajstić information content (AvgIpc) is 2.76. The van der Waals surface area contributed by atoms with Crippen LogP contribution >= 0.6 is 24.0 Å². The van der Waals surface area contributed by atoms with Crippen molar-refractivity contribution in [1.82, 2.24) is 5.32 Å². The van der Waals surface area contributed by atoms with E-state index < -0.39 is 71.8 Å². The number of carbonyl (C=O) groups excluding carboxylic acids is 5. The third kappa shape index (κ3) is 8.87. The third-order valence-electron chi connectivity index (χ3n) is 4.73. The number of amides is 1. The second-order valence-electron chi connectivity index (χ2n) is 7.59. The standard InChI is InChI=1S/C21H31NO12S2/c1-7-30-20(35)36-21(19(28)29-6)8-14(31-11(3)25)16(22-10(2)24)18(34-21)17(33-13(5)27)15(9-23)32-12(4)26/h14-18,23H,7-9H2,1-6H3,(H,22,24)/t14-,15+,16+,17+,18+,21-/m0/s1. The molecule has 36 heavy (non-hydrogen) atoms.